The number of aromatic nitrogens is 4. The molecule has 6 rings (SSSR count). The molecule has 0 aliphatic carbocycles. The van der Waals surface area contributed by atoms with Crippen LogP contribution in [0.1, 0.15) is 28.5 Å². The van der Waals surface area contributed by atoms with E-state index in [1.165, 1.54) is 6.33 Å². The lowest BCUT2D eigenvalue weighted by atomic mass is 10.0. The largest absolute Gasteiger partial charge is 0.381 e. The maximum Gasteiger partial charge on any atom is 0.196 e. The summed E-state index contributed by atoms with van der Waals surface area (Å²) in [5.41, 5.74) is 10.5. The Labute approximate surface area is 232 Å². The molecule has 204 valence electrons. The van der Waals surface area contributed by atoms with Gasteiger partial charge in [0.25, 0.3) is 0 Å². The molecule has 0 amide bonds. The number of rotatable bonds is 11. The number of nitrogens with two attached hydrogens (primary N) is 1. The van der Waals surface area contributed by atoms with Crippen molar-refractivity contribution in [1.82, 2.24) is 19.6 Å². The number of anilines is 1. The molecule has 5 aromatic rings. The average molecular weight is 538 g/mol. The number of nitrogen functional groups attached to an aromatic ring is 1. The molecule has 1 aliphatic heterocycles. The average Bonchev–Trinajstić information content (AvgIpc) is 3.58. The van der Waals surface area contributed by atoms with Crippen LogP contribution in [0.4, 0.5) is 5.82 Å². The summed E-state index contributed by atoms with van der Waals surface area (Å²) < 4.78 is 27.6. The van der Waals surface area contributed by atoms with Gasteiger partial charge >= 0.3 is 0 Å². The van der Waals surface area contributed by atoms with E-state index in [0.29, 0.717) is 43.6 Å². The van der Waals surface area contributed by atoms with E-state index in [-0.39, 0.29) is 0 Å². The number of benzene rings is 3. The van der Waals surface area contributed by atoms with Crippen molar-refractivity contribution >= 4 is 11.5 Å². The molecule has 40 heavy (non-hydrogen) atoms. The summed E-state index contributed by atoms with van der Waals surface area (Å²) >= 11 is 0. The molecule has 3 heterocycles. The molecule has 3 aromatic carbocycles. The van der Waals surface area contributed by atoms with E-state index in [9.17, 15) is 0 Å². The second-order valence-electron chi connectivity index (χ2n) is 9.68. The third kappa shape index (κ3) is 5.88. The van der Waals surface area contributed by atoms with Crippen molar-refractivity contribution < 1.29 is 18.9 Å². The summed E-state index contributed by atoms with van der Waals surface area (Å²) in [6.07, 6.45) is 1.30. The van der Waals surface area contributed by atoms with Crippen LogP contribution in [0.2, 0.25) is 0 Å². The van der Waals surface area contributed by atoms with Crippen molar-refractivity contribution in [3.63, 3.8) is 0 Å². The molecular weight excluding hydrogens is 506 g/mol. The van der Waals surface area contributed by atoms with Crippen LogP contribution in [-0.2, 0) is 38.8 Å². The first kappa shape index (κ1) is 26.1. The van der Waals surface area contributed by atoms with Crippen LogP contribution >= 0.6 is 0 Å². The quantitative estimate of drug-likeness (QED) is 0.262. The van der Waals surface area contributed by atoms with Crippen molar-refractivity contribution in [2.45, 2.75) is 44.2 Å². The van der Waals surface area contributed by atoms with Gasteiger partial charge in [-0.25, -0.2) is 14.5 Å². The van der Waals surface area contributed by atoms with Crippen LogP contribution in [0, 0.1) is 0 Å². The van der Waals surface area contributed by atoms with Crippen LogP contribution in [0.15, 0.2) is 104 Å². The van der Waals surface area contributed by atoms with Crippen LogP contribution in [-0.4, -0.2) is 44.5 Å². The zero-order chi connectivity index (χ0) is 27.1. The van der Waals surface area contributed by atoms with Gasteiger partial charge in [-0.15, -0.1) is 0 Å². The molecule has 0 saturated carbocycles. The van der Waals surface area contributed by atoms with Gasteiger partial charge in [-0.3, -0.25) is 0 Å². The molecular formula is C31H31N5O4. The Bertz CT molecular complexity index is 1500. The summed E-state index contributed by atoms with van der Waals surface area (Å²) in [5, 5.41) is 4.40. The Kier molecular flexibility index (Phi) is 8.06. The fourth-order valence-corrected chi connectivity index (χ4v) is 4.93. The van der Waals surface area contributed by atoms with Gasteiger partial charge in [-0.1, -0.05) is 91.0 Å². The van der Waals surface area contributed by atoms with Gasteiger partial charge in [-0.2, -0.15) is 5.10 Å². The van der Waals surface area contributed by atoms with Crippen molar-refractivity contribution in [3.8, 4) is 0 Å². The predicted octanol–water partition coefficient (Wildman–Crippen LogP) is 4.53. The minimum absolute atomic E-state index is 0.292. The molecule has 0 spiro atoms. The number of hydrogen-bond donors (Lipinski definition) is 1. The van der Waals surface area contributed by atoms with Gasteiger partial charge in [0.05, 0.1) is 38.3 Å². The standard InChI is InChI=1S/C31H31N5O4/c32-30-31-33-16-25(36(31)35-21-34-30)27-29(39-19-24-14-8-3-9-15-24)28(38-18-23-12-6-2-7-13-23)26(40-27)20-37-17-22-10-4-1-5-11-22/h1-16,21,26-29H,17-20H2,(H2,32,34,35)/t26-,27?,28-,29+/m1/s1. The molecule has 2 N–H and O–H groups in total. The van der Waals surface area contributed by atoms with Crippen LogP contribution < -0.4 is 5.73 Å². The van der Waals surface area contributed by atoms with Gasteiger partial charge in [0.1, 0.15) is 30.7 Å². The Hall–Kier alpha value is -4.15. The highest BCUT2D eigenvalue weighted by atomic mass is 16.6. The normalized spacial score (nSPS) is 20.7. The number of nitrogens with zero attached hydrogens (tertiary/aromatic N) is 4. The molecule has 9 nitrogen and oxygen atoms in total. The number of hydrogen-bond acceptors (Lipinski definition) is 8. The second kappa shape index (κ2) is 12.4. The van der Waals surface area contributed by atoms with Crippen molar-refractivity contribution in [2.75, 3.05) is 12.3 Å². The van der Waals surface area contributed by atoms with E-state index in [1.54, 1.807) is 10.7 Å². The SMILES string of the molecule is Nc1ncnn2c(C3O[C@H](COCc4ccccc4)[C@@H](OCc4ccccc4)[C@H]3OCc3ccccc3)cnc12. The third-order valence-electron chi connectivity index (χ3n) is 6.92. The number of imidazole rings is 1. The summed E-state index contributed by atoms with van der Waals surface area (Å²) in [4.78, 5) is 8.54. The minimum Gasteiger partial charge on any atom is -0.381 e. The third-order valence-corrected chi connectivity index (χ3v) is 6.92. The lowest BCUT2D eigenvalue weighted by molar-refractivity contribution is -0.0898. The van der Waals surface area contributed by atoms with Crippen molar-refractivity contribution in [1.29, 1.82) is 0 Å². The molecule has 4 atom stereocenters. The highest BCUT2D eigenvalue weighted by molar-refractivity contribution is 5.58. The topological polar surface area (TPSA) is 106 Å². The maximum atomic E-state index is 6.66. The first-order valence-corrected chi connectivity index (χ1v) is 13.3. The fraction of sp³-hybridized carbons (Fsp3) is 0.258. The van der Waals surface area contributed by atoms with Gasteiger partial charge in [0.2, 0.25) is 0 Å². The van der Waals surface area contributed by atoms with Crippen LogP contribution in [0.3, 0.4) is 0 Å². The zero-order valence-corrected chi connectivity index (χ0v) is 22.0. The van der Waals surface area contributed by atoms with E-state index in [1.807, 2.05) is 91.0 Å². The molecule has 1 fully saturated rings. The number of ether oxygens (including phenoxy) is 4. The Morgan fingerprint density at radius 2 is 1.30 bits per heavy atom. The van der Waals surface area contributed by atoms with E-state index in [2.05, 4.69) is 15.1 Å². The van der Waals surface area contributed by atoms with Gasteiger partial charge < -0.3 is 24.7 Å². The zero-order valence-electron chi connectivity index (χ0n) is 22.0. The van der Waals surface area contributed by atoms with Gasteiger partial charge in [0.15, 0.2) is 11.5 Å². The predicted molar refractivity (Wildman–Crippen MR) is 149 cm³/mol. The smallest absolute Gasteiger partial charge is 0.196 e. The molecule has 1 aliphatic rings. The Morgan fingerprint density at radius 1 is 0.725 bits per heavy atom. The monoisotopic (exact) mass is 537 g/mol. The molecule has 1 unspecified atom stereocenters. The Balaban J connectivity index is 1.29. The molecule has 9 heteroatoms. The highest BCUT2D eigenvalue weighted by Gasteiger charge is 2.48. The summed E-state index contributed by atoms with van der Waals surface area (Å²) in [7, 11) is 0. The summed E-state index contributed by atoms with van der Waals surface area (Å²) in [5.74, 6) is 0.292. The summed E-state index contributed by atoms with van der Waals surface area (Å²) in [6, 6.07) is 30.2. The molecule has 0 radical (unpaired) electrons. The summed E-state index contributed by atoms with van der Waals surface area (Å²) in [6.45, 7) is 1.59. The first-order chi connectivity index (χ1) is 19.8. The molecule has 2 aromatic heterocycles. The van der Waals surface area contributed by atoms with E-state index >= 15 is 0 Å². The molecule has 0 bridgehead atoms. The van der Waals surface area contributed by atoms with Crippen molar-refractivity contribution in [2.24, 2.45) is 0 Å². The highest BCUT2D eigenvalue weighted by Crippen LogP contribution is 2.38. The lowest BCUT2D eigenvalue weighted by Gasteiger charge is -2.25. The van der Waals surface area contributed by atoms with Crippen LogP contribution in [0.5, 0.6) is 0 Å². The van der Waals surface area contributed by atoms with Gasteiger partial charge in [0, 0.05) is 0 Å². The van der Waals surface area contributed by atoms with Crippen LogP contribution in [0.25, 0.3) is 5.65 Å². The van der Waals surface area contributed by atoms with E-state index in [0.717, 1.165) is 16.7 Å². The molecule has 1 saturated heterocycles. The minimum atomic E-state index is -0.529. The number of fused-ring (bicyclic) bond motifs is 1. The Morgan fingerprint density at radius 3 is 1.93 bits per heavy atom. The lowest BCUT2D eigenvalue weighted by Crippen LogP contribution is -2.38. The second-order valence-corrected chi connectivity index (χ2v) is 9.68. The van der Waals surface area contributed by atoms with E-state index in [4.69, 9.17) is 24.7 Å². The van der Waals surface area contributed by atoms with Crippen molar-refractivity contribution in [3.05, 3.63) is 126 Å². The fourth-order valence-electron chi connectivity index (χ4n) is 4.93. The first-order valence-electron chi connectivity index (χ1n) is 13.3. The maximum absolute atomic E-state index is 6.66. The van der Waals surface area contributed by atoms with E-state index < -0.39 is 24.4 Å². The van der Waals surface area contributed by atoms with Gasteiger partial charge in [-0.05, 0) is 16.7 Å².